The summed E-state index contributed by atoms with van der Waals surface area (Å²) in [6, 6.07) is 16.2. The zero-order chi connectivity index (χ0) is 18.8. The number of piperidine rings is 2. The number of halogens is 1. The van der Waals surface area contributed by atoms with Gasteiger partial charge in [0.05, 0.1) is 12.1 Å². The minimum atomic E-state index is -0.364. The van der Waals surface area contributed by atoms with Gasteiger partial charge in [-0.25, -0.2) is 4.39 Å². The minimum Gasteiger partial charge on any atom is -0.349 e. The molecule has 142 valence electrons. The molecule has 2 unspecified atom stereocenters. The summed E-state index contributed by atoms with van der Waals surface area (Å²) < 4.78 is 13.4. The second-order valence-electron chi connectivity index (χ2n) is 8.21. The van der Waals surface area contributed by atoms with Crippen LogP contribution < -0.4 is 10.2 Å². The monoisotopic (exact) mass is 367 g/mol. The van der Waals surface area contributed by atoms with Crippen LogP contribution in [0.15, 0.2) is 48.5 Å². The van der Waals surface area contributed by atoms with Crippen LogP contribution in [0.4, 0.5) is 4.39 Å². The number of hydrogen-bond donors (Lipinski definition) is 2. The van der Waals surface area contributed by atoms with Crippen LogP contribution in [0, 0.1) is 12.7 Å². The molecule has 2 saturated heterocycles. The molecule has 2 aliphatic rings. The average Bonchev–Trinajstić information content (AvgIpc) is 2.64. The quantitative estimate of drug-likeness (QED) is 0.856. The molecule has 4 heteroatoms. The van der Waals surface area contributed by atoms with E-state index in [1.165, 1.54) is 42.5 Å². The average molecular weight is 367 g/mol. The van der Waals surface area contributed by atoms with Gasteiger partial charge in [-0.3, -0.25) is 4.79 Å². The topological polar surface area (TPSA) is 33.5 Å². The Bertz CT molecular complexity index is 790. The van der Waals surface area contributed by atoms with Gasteiger partial charge >= 0.3 is 0 Å². The summed E-state index contributed by atoms with van der Waals surface area (Å²) in [6.45, 7) is 3.19. The maximum absolute atomic E-state index is 13.4. The van der Waals surface area contributed by atoms with E-state index in [0.29, 0.717) is 17.6 Å². The van der Waals surface area contributed by atoms with E-state index in [2.05, 4.69) is 36.5 Å². The third kappa shape index (κ3) is 4.22. The molecule has 2 aromatic rings. The predicted molar refractivity (Wildman–Crippen MR) is 104 cm³/mol. The number of amides is 1. The van der Waals surface area contributed by atoms with Gasteiger partial charge in [-0.15, -0.1) is 0 Å². The molecule has 0 radical (unpaired) electrons. The fourth-order valence-electron chi connectivity index (χ4n) is 4.88. The van der Waals surface area contributed by atoms with Crippen molar-refractivity contribution in [2.75, 3.05) is 0 Å². The number of aryl methyl sites for hydroxylation is 1. The summed E-state index contributed by atoms with van der Waals surface area (Å²) in [5.41, 5.74) is 3.11. The van der Waals surface area contributed by atoms with Gasteiger partial charge < -0.3 is 10.2 Å². The van der Waals surface area contributed by atoms with Gasteiger partial charge in [0, 0.05) is 30.0 Å². The van der Waals surface area contributed by atoms with Crippen molar-refractivity contribution in [2.45, 2.75) is 63.7 Å². The van der Waals surface area contributed by atoms with Crippen LogP contribution in [0.1, 0.15) is 53.6 Å². The molecule has 4 atom stereocenters. The van der Waals surface area contributed by atoms with Crippen molar-refractivity contribution < 1.29 is 14.1 Å². The highest BCUT2D eigenvalue weighted by molar-refractivity contribution is 5.94. The predicted octanol–water partition coefficient (Wildman–Crippen LogP) is 3.03. The largest absolute Gasteiger partial charge is 0.349 e. The zero-order valence-electron chi connectivity index (χ0n) is 15.9. The van der Waals surface area contributed by atoms with E-state index in [1.807, 2.05) is 0 Å². The lowest BCUT2D eigenvalue weighted by atomic mass is 9.81. The summed E-state index contributed by atoms with van der Waals surface area (Å²) >= 11 is 0. The Kier molecular flexibility index (Phi) is 5.26. The number of hydrogen-bond acceptors (Lipinski definition) is 1. The highest BCUT2D eigenvalue weighted by Gasteiger charge is 2.42. The van der Waals surface area contributed by atoms with E-state index >= 15 is 0 Å². The molecule has 4 rings (SSSR count). The fraction of sp³-hybridized carbons (Fsp3) is 0.435. The molecule has 0 aliphatic carbocycles. The van der Waals surface area contributed by atoms with Crippen LogP contribution in [-0.4, -0.2) is 24.0 Å². The summed E-state index contributed by atoms with van der Waals surface area (Å²) in [6.07, 6.45) is 5.77. The molecule has 2 N–H and O–H groups in total. The lowest BCUT2D eigenvalue weighted by Gasteiger charge is -2.46. The summed E-state index contributed by atoms with van der Waals surface area (Å²) in [7, 11) is 0. The van der Waals surface area contributed by atoms with Crippen molar-refractivity contribution in [3.05, 3.63) is 71.0 Å². The molecule has 2 aromatic carbocycles. The van der Waals surface area contributed by atoms with Crippen LogP contribution in [-0.2, 0) is 6.54 Å². The number of fused-ring (bicyclic) bond motifs is 2. The first kappa shape index (κ1) is 18.2. The molecule has 1 amide bonds. The third-order valence-electron chi connectivity index (χ3n) is 6.24. The molecular formula is C23H28FN2O+. The van der Waals surface area contributed by atoms with Gasteiger partial charge in [-0.2, -0.15) is 0 Å². The highest BCUT2D eigenvalue weighted by atomic mass is 19.1. The Hall–Kier alpha value is -2.20. The van der Waals surface area contributed by atoms with Crippen molar-refractivity contribution in [1.82, 2.24) is 5.32 Å². The van der Waals surface area contributed by atoms with Gasteiger partial charge in [0.15, 0.2) is 0 Å². The van der Waals surface area contributed by atoms with Crippen molar-refractivity contribution >= 4 is 5.91 Å². The van der Waals surface area contributed by atoms with Crippen LogP contribution in [0.5, 0.6) is 0 Å². The van der Waals surface area contributed by atoms with E-state index < -0.39 is 0 Å². The summed E-state index contributed by atoms with van der Waals surface area (Å²) in [4.78, 5) is 14.2. The van der Waals surface area contributed by atoms with Crippen LogP contribution in [0.2, 0.25) is 0 Å². The van der Waals surface area contributed by atoms with E-state index in [1.54, 1.807) is 17.0 Å². The van der Waals surface area contributed by atoms with Crippen LogP contribution in [0.25, 0.3) is 0 Å². The number of carbonyl (C=O) groups excluding carboxylic acids is 1. The Morgan fingerprint density at radius 2 is 1.81 bits per heavy atom. The zero-order valence-corrected chi connectivity index (χ0v) is 15.9. The number of rotatable bonds is 4. The molecule has 2 bridgehead atoms. The summed E-state index contributed by atoms with van der Waals surface area (Å²) in [5, 5.41) is 3.16. The van der Waals surface area contributed by atoms with E-state index in [0.717, 1.165) is 19.4 Å². The van der Waals surface area contributed by atoms with Gasteiger partial charge in [0.25, 0.3) is 5.91 Å². The van der Waals surface area contributed by atoms with Crippen LogP contribution >= 0.6 is 0 Å². The lowest BCUT2D eigenvalue weighted by molar-refractivity contribution is -0.973. The van der Waals surface area contributed by atoms with Crippen molar-refractivity contribution in [1.29, 1.82) is 0 Å². The number of quaternary nitrogens is 1. The van der Waals surface area contributed by atoms with Gasteiger partial charge in [-0.05, 0) is 44.4 Å². The Balaban J connectivity index is 1.41. The molecule has 2 aliphatic heterocycles. The highest BCUT2D eigenvalue weighted by Crippen LogP contribution is 2.23. The SMILES string of the molecule is Cc1ccc(C[NH+]2[C@@H]3CCC[C@H]2CC(NC(=O)c2cccc(F)c2)C3)cc1. The van der Waals surface area contributed by atoms with E-state index in [9.17, 15) is 9.18 Å². The van der Waals surface area contributed by atoms with Crippen molar-refractivity contribution in [3.63, 3.8) is 0 Å². The molecule has 0 aromatic heterocycles. The van der Waals surface area contributed by atoms with E-state index in [4.69, 9.17) is 0 Å². The Labute approximate surface area is 160 Å². The van der Waals surface area contributed by atoms with Crippen molar-refractivity contribution in [2.24, 2.45) is 0 Å². The first-order valence-corrected chi connectivity index (χ1v) is 10.1. The maximum atomic E-state index is 13.4. The Morgan fingerprint density at radius 1 is 1.11 bits per heavy atom. The molecule has 0 spiro atoms. The number of carbonyl (C=O) groups is 1. The second-order valence-corrected chi connectivity index (χ2v) is 8.21. The third-order valence-corrected chi connectivity index (χ3v) is 6.24. The normalized spacial score (nSPS) is 27.2. The molecule has 0 saturated carbocycles. The van der Waals surface area contributed by atoms with Crippen LogP contribution in [0.3, 0.4) is 0 Å². The minimum absolute atomic E-state index is 0.153. The Morgan fingerprint density at radius 3 is 2.48 bits per heavy atom. The van der Waals surface area contributed by atoms with Gasteiger partial charge in [0.2, 0.25) is 0 Å². The van der Waals surface area contributed by atoms with Crippen molar-refractivity contribution in [3.8, 4) is 0 Å². The lowest BCUT2D eigenvalue weighted by Crippen LogP contribution is -3.20. The number of benzene rings is 2. The second kappa shape index (κ2) is 7.81. The molecule has 3 nitrogen and oxygen atoms in total. The molecular weight excluding hydrogens is 339 g/mol. The first-order chi connectivity index (χ1) is 13.1. The molecule has 2 heterocycles. The van der Waals surface area contributed by atoms with E-state index in [-0.39, 0.29) is 17.8 Å². The first-order valence-electron chi connectivity index (χ1n) is 10.1. The van der Waals surface area contributed by atoms with Gasteiger partial charge in [-0.1, -0.05) is 35.9 Å². The molecule has 2 fully saturated rings. The maximum Gasteiger partial charge on any atom is 0.251 e. The standard InChI is InChI=1S/C23H27FN2O/c1-16-8-10-17(11-9-16)15-26-21-6-3-7-22(26)14-20(13-21)25-23(27)18-4-2-5-19(24)12-18/h2,4-5,8-12,20-22H,3,6-7,13-15H2,1H3,(H,25,27)/p+1/t20?,21-,22+. The smallest absolute Gasteiger partial charge is 0.251 e. The summed E-state index contributed by atoms with van der Waals surface area (Å²) in [5.74, 6) is -0.517. The molecule has 27 heavy (non-hydrogen) atoms. The number of nitrogens with one attached hydrogen (secondary N) is 2. The fourth-order valence-corrected chi connectivity index (χ4v) is 4.88. The van der Waals surface area contributed by atoms with Gasteiger partial charge in [0.1, 0.15) is 12.4 Å².